The van der Waals surface area contributed by atoms with Crippen molar-refractivity contribution in [2.45, 2.75) is 44.9 Å². The average Bonchev–Trinajstić information content (AvgIpc) is 3.89. The molecule has 6 aromatic rings. The number of carbonyl (C=O) groups excluding carboxylic acids is 4. The van der Waals surface area contributed by atoms with E-state index in [2.05, 4.69) is 41.6 Å². The molecule has 68 heavy (non-hydrogen) atoms. The first-order valence-corrected chi connectivity index (χ1v) is 22.3. The number of piperidine rings is 1. The number of fused-ring (bicyclic) bond motifs is 4. The number of aromatic nitrogens is 5. The highest BCUT2D eigenvalue weighted by atomic mass is 35.5. The molecule has 1 unspecified atom stereocenters. The summed E-state index contributed by atoms with van der Waals surface area (Å²) in [6.07, 6.45) is 4.19. The molecule has 1 atom stereocenters. The van der Waals surface area contributed by atoms with Crippen molar-refractivity contribution >= 4 is 58.3 Å². The highest BCUT2D eigenvalue weighted by Gasteiger charge is 2.39. The first-order valence-electron chi connectivity index (χ1n) is 21.9. The van der Waals surface area contributed by atoms with Crippen molar-refractivity contribution in [1.29, 1.82) is 0 Å². The van der Waals surface area contributed by atoms with Gasteiger partial charge in [0.05, 0.1) is 62.7 Å². The molecule has 1 saturated heterocycles. The third kappa shape index (κ3) is 10.5. The number of rotatable bonds is 18. The molecule has 348 valence electrons. The van der Waals surface area contributed by atoms with Crippen molar-refractivity contribution in [2.75, 3.05) is 50.2 Å². The first-order chi connectivity index (χ1) is 33.1. The molecule has 4 amide bonds. The lowest BCUT2D eigenvalue weighted by molar-refractivity contribution is -0.137. The van der Waals surface area contributed by atoms with Crippen molar-refractivity contribution in [3.05, 3.63) is 136 Å². The van der Waals surface area contributed by atoms with E-state index in [1.165, 1.54) is 23.1 Å². The normalized spacial score (nSPS) is 15.3. The van der Waals surface area contributed by atoms with Gasteiger partial charge in [-0.2, -0.15) is 0 Å². The number of anilines is 3. The van der Waals surface area contributed by atoms with Crippen molar-refractivity contribution in [3.8, 4) is 22.5 Å². The highest BCUT2D eigenvalue weighted by molar-refractivity contribution is 6.31. The summed E-state index contributed by atoms with van der Waals surface area (Å²) in [5, 5.41) is 20.5. The number of hydrogen-bond donors (Lipinski definition) is 4. The zero-order valence-electron chi connectivity index (χ0n) is 36.4. The molecule has 0 bridgehead atoms. The zero-order chi connectivity index (χ0) is 47.1. The molecule has 0 aliphatic carbocycles. The Hall–Kier alpha value is -7.32. The average molecular weight is 944 g/mol. The predicted molar refractivity (Wildman–Crippen MR) is 247 cm³/mol. The minimum Gasteiger partial charge on any atom is -0.378 e. The SMILES string of the molecule is O=C1CCC(N2Cc3cc(NC(=O)CCNCCOCCOCCn4cc(-c5ccc(Nc6ncc7c(n6)-c6ccc(Cl)cc6C(c6c(F)cccc6F)=NC7)cc5)nn4)ccc3C2=O)C(=O)N1. The fourth-order valence-electron chi connectivity index (χ4n) is 8.14. The second kappa shape index (κ2) is 20.7. The molecule has 3 aliphatic heterocycles. The molecule has 0 saturated carbocycles. The van der Waals surface area contributed by atoms with Gasteiger partial charge in [-0.15, -0.1) is 5.10 Å². The summed E-state index contributed by atoms with van der Waals surface area (Å²) in [5.74, 6) is -2.39. The number of ether oxygens (including phenoxy) is 2. The third-order valence-electron chi connectivity index (χ3n) is 11.5. The van der Waals surface area contributed by atoms with E-state index < -0.39 is 23.6 Å². The van der Waals surface area contributed by atoms with Gasteiger partial charge in [-0.25, -0.2) is 23.4 Å². The van der Waals surface area contributed by atoms with Crippen molar-refractivity contribution in [2.24, 2.45) is 4.99 Å². The topological polar surface area (TPSA) is 207 Å². The molecule has 20 heteroatoms. The van der Waals surface area contributed by atoms with Crippen LogP contribution in [0.25, 0.3) is 22.5 Å². The molecule has 4 N–H and O–H groups in total. The van der Waals surface area contributed by atoms with Crippen LogP contribution in [0.15, 0.2) is 96.2 Å². The van der Waals surface area contributed by atoms with E-state index in [0.717, 1.165) is 11.3 Å². The van der Waals surface area contributed by atoms with Gasteiger partial charge in [0.1, 0.15) is 23.4 Å². The van der Waals surface area contributed by atoms with Crippen LogP contribution in [-0.2, 0) is 43.5 Å². The molecular formula is C48H44ClF2N11O6. The van der Waals surface area contributed by atoms with Gasteiger partial charge >= 0.3 is 0 Å². The number of carbonyl (C=O) groups is 4. The maximum Gasteiger partial charge on any atom is 0.255 e. The number of amides is 4. The van der Waals surface area contributed by atoms with Gasteiger partial charge in [0.25, 0.3) is 5.91 Å². The van der Waals surface area contributed by atoms with Gasteiger partial charge in [0.2, 0.25) is 23.7 Å². The molecule has 1 fully saturated rings. The number of halogens is 3. The van der Waals surface area contributed by atoms with Crippen molar-refractivity contribution < 1.29 is 37.4 Å². The Bertz CT molecular complexity index is 2910. The lowest BCUT2D eigenvalue weighted by Crippen LogP contribution is -2.52. The largest absolute Gasteiger partial charge is 0.378 e. The van der Waals surface area contributed by atoms with Gasteiger partial charge in [-0.05, 0) is 66.6 Å². The van der Waals surface area contributed by atoms with Gasteiger partial charge in [-0.1, -0.05) is 41.1 Å². The summed E-state index contributed by atoms with van der Waals surface area (Å²) in [4.78, 5) is 64.7. The molecule has 0 radical (unpaired) electrons. The van der Waals surface area contributed by atoms with Crippen LogP contribution in [0.1, 0.15) is 51.9 Å². The van der Waals surface area contributed by atoms with Crippen molar-refractivity contribution in [1.82, 2.24) is 40.5 Å². The highest BCUT2D eigenvalue weighted by Crippen LogP contribution is 2.35. The zero-order valence-corrected chi connectivity index (χ0v) is 37.2. The summed E-state index contributed by atoms with van der Waals surface area (Å²) in [6.45, 7) is 3.48. The summed E-state index contributed by atoms with van der Waals surface area (Å²) in [6, 6.07) is 20.7. The van der Waals surface area contributed by atoms with Gasteiger partial charge in [0.15, 0.2) is 0 Å². The summed E-state index contributed by atoms with van der Waals surface area (Å²) in [5.41, 5.74) is 6.28. The molecule has 0 spiro atoms. The van der Waals surface area contributed by atoms with E-state index in [4.69, 9.17) is 26.1 Å². The molecule has 2 aromatic heterocycles. The maximum atomic E-state index is 14.9. The molecule has 3 aliphatic rings. The lowest BCUT2D eigenvalue weighted by Gasteiger charge is -2.29. The summed E-state index contributed by atoms with van der Waals surface area (Å²) in [7, 11) is 0. The molecule has 5 heterocycles. The fourth-order valence-corrected chi connectivity index (χ4v) is 8.31. The molecular weight excluding hydrogens is 900 g/mol. The smallest absolute Gasteiger partial charge is 0.255 e. The van der Waals surface area contributed by atoms with E-state index in [-0.39, 0.29) is 61.3 Å². The van der Waals surface area contributed by atoms with Crippen LogP contribution in [0.5, 0.6) is 0 Å². The number of hydrogen-bond acceptors (Lipinski definition) is 13. The fraction of sp³-hybridized carbons (Fsp3) is 0.271. The van der Waals surface area contributed by atoms with E-state index in [9.17, 15) is 28.0 Å². The molecule has 9 rings (SSSR count). The Morgan fingerprint density at radius 2 is 1.65 bits per heavy atom. The Labute approximate surface area is 393 Å². The molecule has 4 aromatic carbocycles. The van der Waals surface area contributed by atoms with E-state index >= 15 is 0 Å². The van der Waals surface area contributed by atoms with E-state index in [0.29, 0.717) is 102 Å². The maximum absolute atomic E-state index is 14.9. The van der Waals surface area contributed by atoms with Crippen LogP contribution < -0.4 is 21.3 Å². The second-order valence-corrected chi connectivity index (χ2v) is 16.6. The lowest BCUT2D eigenvalue weighted by atomic mass is 9.95. The number of nitrogens with zero attached hydrogens (tertiary/aromatic N) is 7. The number of benzene rings is 4. The summed E-state index contributed by atoms with van der Waals surface area (Å²) < 4.78 is 43.0. The van der Waals surface area contributed by atoms with Crippen LogP contribution in [-0.4, -0.2) is 105 Å². The quantitative estimate of drug-likeness (QED) is 0.0593. The van der Waals surface area contributed by atoms with Crippen LogP contribution in [0.2, 0.25) is 5.02 Å². The number of nitrogens with one attached hydrogen (secondary N) is 4. The van der Waals surface area contributed by atoms with E-state index in [1.54, 1.807) is 47.3 Å². The van der Waals surface area contributed by atoms with Gasteiger partial charge in [-0.3, -0.25) is 29.5 Å². The van der Waals surface area contributed by atoms with Gasteiger partial charge < -0.3 is 30.3 Å². The molecule has 17 nitrogen and oxygen atoms in total. The minimum absolute atomic E-state index is 0.109. The minimum atomic E-state index is -0.726. The van der Waals surface area contributed by atoms with Gasteiger partial charge in [0, 0.05) is 82.9 Å². The number of aliphatic imine (C=N–C) groups is 1. The Balaban J connectivity index is 0.662. The van der Waals surface area contributed by atoms with E-state index in [1.807, 2.05) is 30.5 Å². The van der Waals surface area contributed by atoms with Crippen molar-refractivity contribution in [3.63, 3.8) is 0 Å². The Kier molecular flexibility index (Phi) is 13.9. The van der Waals surface area contributed by atoms with Crippen LogP contribution in [0.4, 0.5) is 26.1 Å². The Morgan fingerprint density at radius 1 is 0.868 bits per heavy atom. The summed E-state index contributed by atoms with van der Waals surface area (Å²) >= 11 is 6.36. The second-order valence-electron chi connectivity index (χ2n) is 16.1. The Morgan fingerprint density at radius 3 is 2.46 bits per heavy atom. The van der Waals surface area contributed by atoms with Crippen LogP contribution in [0, 0.1) is 11.6 Å². The van der Waals surface area contributed by atoms with Crippen LogP contribution in [0.3, 0.4) is 0 Å². The standard InChI is InChI=1S/C48H44ClF2N11O6/c49-31-6-10-35-36(23-31)45(43-37(50)2-1-3-38(43)51)53-24-30-25-54-48(58-44(30)35)56-32-7-4-28(5-8-32)39-27-61(60-59-39)17-19-68-21-20-67-18-16-52-15-14-42(64)55-33-9-11-34-29(22-33)26-62(47(34)66)40-12-13-41(63)57-46(40)65/h1-11,22-23,25,27,40,52H,12-21,24,26H2,(H,55,64)(H,54,56,58)(H,57,63,65). The number of imide groups is 1. The third-order valence-corrected chi connectivity index (χ3v) is 11.8. The predicted octanol–water partition coefficient (Wildman–Crippen LogP) is 5.84. The van der Waals surface area contributed by atoms with Crippen LogP contribution >= 0.6 is 11.6 Å². The monoisotopic (exact) mass is 943 g/mol. The first kappa shape index (κ1) is 45.8.